The van der Waals surface area contributed by atoms with Gasteiger partial charge in [-0.1, -0.05) is 51.5 Å². The van der Waals surface area contributed by atoms with Gasteiger partial charge in [-0.3, -0.25) is 0 Å². The summed E-state index contributed by atoms with van der Waals surface area (Å²) in [5, 5.41) is 10.3. The molecule has 0 radical (unpaired) electrons. The molecular formula is C23H39NO3. The maximum Gasteiger partial charge on any atom is 0.161 e. The predicted octanol–water partition coefficient (Wildman–Crippen LogP) is 4.68. The normalized spacial score (nSPS) is 20.6. The van der Waals surface area contributed by atoms with E-state index in [0.29, 0.717) is 0 Å². The molecule has 1 heterocycles. The van der Waals surface area contributed by atoms with Crippen LogP contribution in [0.1, 0.15) is 63.9 Å². The van der Waals surface area contributed by atoms with E-state index < -0.39 is 0 Å². The molecular weight excluding hydrogens is 338 g/mol. The quantitative estimate of drug-likeness (QED) is 0.537. The van der Waals surface area contributed by atoms with Crippen LogP contribution >= 0.6 is 0 Å². The van der Waals surface area contributed by atoms with Crippen LogP contribution in [0.15, 0.2) is 18.2 Å². The lowest BCUT2D eigenvalue weighted by molar-refractivity contribution is 0.0366. The molecule has 1 saturated heterocycles. The molecule has 1 aromatic carbocycles. The molecule has 2 rings (SSSR count). The summed E-state index contributed by atoms with van der Waals surface area (Å²) in [4.78, 5) is 2.30. The van der Waals surface area contributed by atoms with E-state index in [1.807, 2.05) is 6.07 Å². The molecule has 1 fully saturated rings. The van der Waals surface area contributed by atoms with Gasteiger partial charge in [-0.2, -0.15) is 0 Å². The Balaban J connectivity index is 1.77. The Morgan fingerprint density at radius 3 is 2.56 bits per heavy atom. The smallest absolute Gasteiger partial charge is 0.161 e. The maximum atomic E-state index is 10.3. The Morgan fingerprint density at radius 2 is 1.81 bits per heavy atom. The summed E-state index contributed by atoms with van der Waals surface area (Å²) in [5.41, 5.74) is 1.20. The number of benzene rings is 1. The fourth-order valence-electron chi connectivity index (χ4n) is 3.90. The van der Waals surface area contributed by atoms with Crippen LogP contribution in [0.4, 0.5) is 0 Å². The van der Waals surface area contributed by atoms with Crippen molar-refractivity contribution >= 4 is 0 Å². The number of unbranched alkanes of at least 4 members (excludes halogenated alkanes) is 6. The largest absolute Gasteiger partial charge is 0.493 e. The van der Waals surface area contributed by atoms with Crippen LogP contribution in [0.3, 0.4) is 0 Å². The van der Waals surface area contributed by atoms with Crippen molar-refractivity contribution in [2.45, 2.75) is 70.8 Å². The standard InChI is InChI=1S/C23H39NO3/c1-4-5-6-7-8-9-10-15-27-22-12-11-19(17-23(22)26-3)16-20-18-24(2)14-13-21(20)25/h11-12,17,20-21,25H,4-10,13-16,18H2,1-3H3. The minimum atomic E-state index is -0.208. The third-order valence-electron chi connectivity index (χ3n) is 5.63. The summed E-state index contributed by atoms with van der Waals surface area (Å²) in [5.74, 6) is 1.91. The van der Waals surface area contributed by atoms with E-state index >= 15 is 0 Å². The van der Waals surface area contributed by atoms with Gasteiger partial charge in [0.2, 0.25) is 0 Å². The molecule has 4 nitrogen and oxygen atoms in total. The monoisotopic (exact) mass is 377 g/mol. The summed E-state index contributed by atoms with van der Waals surface area (Å²) in [7, 11) is 3.82. The van der Waals surface area contributed by atoms with E-state index in [0.717, 1.165) is 50.5 Å². The maximum absolute atomic E-state index is 10.3. The van der Waals surface area contributed by atoms with Gasteiger partial charge < -0.3 is 19.5 Å². The zero-order valence-electron chi connectivity index (χ0n) is 17.6. The van der Waals surface area contributed by atoms with Crippen molar-refractivity contribution in [1.29, 1.82) is 0 Å². The summed E-state index contributed by atoms with van der Waals surface area (Å²) in [6, 6.07) is 6.21. The van der Waals surface area contributed by atoms with Gasteiger partial charge in [-0.25, -0.2) is 0 Å². The lowest BCUT2D eigenvalue weighted by Gasteiger charge is -2.34. The van der Waals surface area contributed by atoms with Crippen LogP contribution in [0, 0.1) is 5.92 Å². The van der Waals surface area contributed by atoms with Crippen molar-refractivity contribution in [3.8, 4) is 11.5 Å². The topological polar surface area (TPSA) is 41.9 Å². The van der Waals surface area contributed by atoms with Gasteiger partial charge in [-0.15, -0.1) is 0 Å². The second-order valence-electron chi connectivity index (χ2n) is 8.04. The van der Waals surface area contributed by atoms with Gasteiger partial charge in [0.25, 0.3) is 0 Å². The van der Waals surface area contributed by atoms with E-state index in [1.165, 1.54) is 44.1 Å². The van der Waals surface area contributed by atoms with Gasteiger partial charge >= 0.3 is 0 Å². The van der Waals surface area contributed by atoms with Gasteiger partial charge in [0, 0.05) is 19.0 Å². The molecule has 0 aliphatic carbocycles. The van der Waals surface area contributed by atoms with Crippen LogP contribution < -0.4 is 9.47 Å². The molecule has 154 valence electrons. The van der Waals surface area contributed by atoms with Crippen LogP contribution in [0.25, 0.3) is 0 Å². The van der Waals surface area contributed by atoms with Crippen molar-refractivity contribution < 1.29 is 14.6 Å². The van der Waals surface area contributed by atoms with Crippen molar-refractivity contribution in [2.75, 3.05) is 33.9 Å². The SMILES string of the molecule is CCCCCCCCCOc1ccc(CC2CN(C)CCC2O)cc1OC. The Labute approximate surface area is 165 Å². The van der Waals surface area contributed by atoms with E-state index in [9.17, 15) is 5.11 Å². The highest BCUT2D eigenvalue weighted by atomic mass is 16.5. The highest BCUT2D eigenvalue weighted by molar-refractivity contribution is 5.43. The minimum absolute atomic E-state index is 0.208. The molecule has 1 aliphatic heterocycles. The molecule has 0 amide bonds. The molecule has 2 unspecified atom stereocenters. The molecule has 0 aromatic heterocycles. The number of hydrogen-bond donors (Lipinski definition) is 1. The Kier molecular flexibility index (Phi) is 10.00. The summed E-state index contributed by atoms with van der Waals surface area (Å²) >= 11 is 0. The Morgan fingerprint density at radius 1 is 1.07 bits per heavy atom. The molecule has 2 atom stereocenters. The molecule has 1 N–H and O–H groups in total. The number of aliphatic hydroxyl groups is 1. The molecule has 0 spiro atoms. The predicted molar refractivity (Wildman–Crippen MR) is 112 cm³/mol. The molecule has 0 saturated carbocycles. The highest BCUT2D eigenvalue weighted by Gasteiger charge is 2.26. The van der Waals surface area contributed by atoms with Crippen molar-refractivity contribution in [2.24, 2.45) is 5.92 Å². The summed E-state index contributed by atoms with van der Waals surface area (Å²) < 4.78 is 11.5. The average molecular weight is 378 g/mol. The molecule has 1 aliphatic rings. The molecule has 1 aromatic rings. The first kappa shape index (κ1) is 22.0. The summed E-state index contributed by atoms with van der Waals surface area (Å²) in [6.07, 6.45) is 10.5. The fraction of sp³-hybridized carbons (Fsp3) is 0.739. The van der Waals surface area contributed by atoms with Crippen LogP contribution in [-0.2, 0) is 6.42 Å². The minimum Gasteiger partial charge on any atom is -0.493 e. The second kappa shape index (κ2) is 12.2. The zero-order valence-corrected chi connectivity index (χ0v) is 17.6. The average Bonchev–Trinajstić information content (AvgIpc) is 2.67. The number of rotatable bonds is 12. The number of nitrogens with zero attached hydrogens (tertiary/aromatic N) is 1. The number of methoxy groups -OCH3 is 1. The van der Waals surface area contributed by atoms with E-state index in [2.05, 4.69) is 31.0 Å². The second-order valence-corrected chi connectivity index (χ2v) is 8.04. The Bertz CT molecular complexity index is 534. The van der Waals surface area contributed by atoms with Gasteiger partial charge in [0.05, 0.1) is 19.8 Å². The lowest BCUT2D eigenvalue weighted by Crippen LogP contribution is -2.41. The highest BCUT2D eigenvalue weighted by Crippen LogP contribution is 2.30. The lowest BCUT2D eigenvalue weighted by atomic mass is 9.89. The van der Waals surface area contributed by atoms with Gasteiger partial charge in [-0.05, 0) is 44.0 Å². The summed E-state index contributed by atoms with van der Waals surface area (Å²) in [6.45, 7) is 4.92. The number of hydrogen-bond acceptors (Lipinski definition) is 4. The van der Waals surface area contributed by atoms with Crippen molar-refractivity contribution in [3.05, 3.63) is 23.8 Å². The number of piperidine rings is 1. The van der Waals surface area contributed by atoms with E-state index in [1.54, 1.807) is 7.11 Å². The first-order chi connectivity index (χ1) is 13.1. The third kappa shape index (κ3) is 7.71. The Hall–Kier alpha value is -1.26. The van der Waals surface area contributed by atoms with E-state index in [4.69, 9.17) is 9.47 Å². The van der Waals surface area contributed by atoms with Gasteiger partial charge in [0.15, 0.2) is 11.5 Å². The molecule has 4 heteroatoms. The number of ether oxygens (including phenoxy) is 2. The van der Waals surface area contributed by atoms with Crippen molar-refractivity contribution in [1.82, 2.24) is 4.90 Å². The van der Waals surface area contributed by atoms with Gasteiger partial charge in [0.1, 0.15) is 0 Å². The number of aliphatic hydroxyl groups excluding tert-OH is 1. The molecule has 0 bridgehead atoms. The van der Waals surface area contributed by atoms with Crippen LogP contribution in [0.2, 0.25) is 0 Å². The zero-order chi connectivity index (χ0) is 19.5. The van der Waals surface area contributed by atoms with Crippen LogP contribution in [0.5, 0.6) is 11.5 Å². The fourth-order valence-corrected chi connectivity index (χ4v) is 3.90. The third-order valence-corrected chi connectivity index (χ3v) is 5.63. The number of likely N-dealkylation sites (tertiary alicyclic amines) is 1. The van der Waals surface area contributed by atoms with Crippen LogP contribution in [-0.4, -0.2) is 50.0 Å². The first-order valence-corrected chi connectivity index (χ1v) is 10.8. The molecule has 27 heavy (non-hydrogen) atoms. The first-order valence-electron chi connectivity index (χ1n) is 10.8. The van der Waals surface area contributed by atoms with E-state index in [-0.39, 0.29) is 12.0 Å². The van der Waals surface area contributed by atoms with Crippen molar-refractivity contribution in [3.63, 3.8) is 0 Å².